The Kier molecular flexibility index (Phi) is 12.7. The molecule has 0 bridgehead atoms. The number of allylic oxidation sites excluding steroid dienone is 2. The fourth-order valence-electron chi connectivity index (χ4n) is 3.05. The average molecular weight is 461 g/mol. The molecule has 178 valence electrons. The van der Waals surface area contributed by atoms with Gasteiger partial charge >= 0.3 is 12.1 Å². The SMILES string of the molecule is C=C[C@@H](C#CC#CC/C=C\CCCCCCC)OC(=O)[C@@](OC)(c1ccccc1)C(F)(F)F. The molecule has 0 N–H and O–H groups in total. The number of carbonyl (C=O) groups excluding carboxylic acids is 1. The van der Waals surface area contributed by atoms with Crippen LogP contribution in [0.2, 0.25) is 0 Å². The third-order valence-electron chi connectivity index (χ3n) is 4.85. The van der Waals surface area contributed by atoms with Gasteiger partial charge in [-0.1, -0.05) is 87.6 Å². The van der Waals surface area contributed by atoms with Crippen LogP contribution in [-0.2, 0) is 19.9 Å². The average Bonchev–Trinajstić information content (AvgIpc) is 2.79. The molecule has 0 saturated carbocycles. The topological polar surface area (TPSA) is 35.5 Å². The zero-order chi connectivity index (χ0) is 24.6. The first-order valence-electron chi connectivity index (χ1n) is 11.0. The number of alkyl halides is 3. The minimum atomic E-state index is -5.05. The van der Waals surface area contributed by atoms with Crippen LogP contribution in [0.25, 0.3) is 0 Å². The Hall–Kier alpha value is -2.96. The van der Waals surface area contributed by atoms with Crippen LogP contribution >= 0.6 is 0 Å². The Morgan fingerprint density at radius 3 is 2.39 bits per heavy atom. The molecule has 0 unspecified atom stereocenters. The Labute approximate surface area is 195 Å². The first kappa shape index (κ1) is 28.1. The molecule has 1 rings (SSSR count). The summed E-state index contributed by atoms with van der Waals surface area (Å²) in [5, 5.41) is 0. The maximum absolute atomic E-state index is 13.9. The number of benzene rings is 1. The highest BCUT2D eigenvalue weighted by molar-refractivity contribution is 5.83. The van der Waals surface area contributed by atoms with Crippen LogP contribution < -0.4 is 0 Å². The van der Waals surface area contributed by atoms with Crippen LogP contribution in [-0.4, -0.2) is 25.4 Å². The van der Waals surface area contributed by atoms with Crippen molar-refractivity contribution in [2.45, 2.75) is 69.8 Å². The van der Waals surface area contributed by atoms with Gasteiger partial charge in [-0.25, -0.2) is 4.79 Å². The summed E-state index contributed by atoms with van der Waals surface area (Å²) in [5.41, 5.74) is -3.66. The minimum absolute atomic E-state index is 0.391. The summed E-state index contributed by atoms with van der Waals surface area (Å²) in [7, 11) is 0.806. The number of ether oxygens (including phenoxy) is 2. The number of hydrogen-bond donors (Lipinski definition) is 0. The molecule has 0 amide bonds. The van der Waals surface area contributed by atoms with Crippen LogP contribution in [0.5, 0.6) is 0 Å². The van der Waals surface area contributed by atoms with Gasteiger partial charge in [0.25, 0.3) is 5.60 Å². The maximum Gasteiger partial charge on any atom is 0.432 e. The largest absolute Gasteiger partial charge is 0.442 e. The van der Waals surface area contributed by atoms with E-state index >= 15 is 0 Å². The molecular weight excluding hydrogens is 429 g/mol. The van der Waals surface area contributed by atoms with E-state index in [1.54, 1.807) is 0 Å². The number of methoxy groups -OCH3 is 1. The quantitative estimate of drug-likeness (QED) is 0.155. The van der Waals surface area contributed by atoms with Crippen molar-refractivity contribution in [3.63, 3.8) is 0 Å². The lowest BCUT2D eigenvalue weighted by molar-refractivity contribution is -0.276. The molecular formula is C27H31F3O3. The Morgan fingerprint density at radius 2 is 1.79 bits per heavy atom. The van der Waals surface area contributed by atoms with Crippen LogP contribution in [0.1, 0.15) is 57.4 Å². The fraction of sp³-hybridized carbons (Fsp3) is 0.444. The number of rotatable bonds is 12. The predicted molar refractivity (Wildman–Crippen MR) is 124 cm³/mol. The minimum Gasteiger partial charge on any atom is -0.442 e. The fourth-order valence-corrected chi connectivity index (χ4v) is 3.05. The smallest absolute Gasteiger partial charge is 0.432 e. The Balaban J connectivity index is 2.74. The van der Waals surface area contributed by atoms with Crippen molar-refractivity contribution in [1.82, 2.24) is 0 Å². The summed E-state index contributed by atoms with van der Waals surface area (Å²) in [4.78, 5) is 12.6. The summed E-state index contributed by atoms with van der Waals surface area (Å²) in [6, 6.07) is 6.59. The molecule has 33 heavy (non-hydrogen) atoms. The number of hydrogen-bond acceptors (Lipinski definition) is 3. The molecule has 0 aliphatic heterocycles. The van der Waals surface area contributed by atoms with Crippen LogP contribution in [0.4, 0.5) is 13.2 Å². The summed E-state index contributed by atoms with van der Waals surface area (Å²) in [6.07, 6.45) is 6.48. The predicted octanol–water partition coefficient (Wildman–Crippen LogP) is 6.50. The van der Waals surface area contributed by atoms with Gasteiger partial charge in [0.05, 0.1) is 0 Å². The van der Waals surface area contributed by atoms with Gasteiger partial charge < -0.3 is 9.47 Å². The van der Waals surface area contributed by atoms with Crippen molar-refractivity contribution in [3.8, 4) is 23.7 Å². The molecule has 0 aliphatic rings. The van der Waals surface area contributed by atoms with Crippen LogP contribution in [0.15, 0.2) is 55.1 Å². The zero-order valence-electron chi connectivity index (χ0n) is 19.2. The first-order valence-corrected chi connectivity index (χ1v) is 11.0. The third-order valence-corrected chi connectivity index (χ3v) is 4.85. The van der Waals surface area contributed by atoms with Gasteiger partial charge in [-0.2, -0.15) is 13.2 Å². The molecule has 0 radical (unpaired) electrons. The lowest BCUT2D eigenvalue weighted by Crippen LogP contribution is -2.52. The molecule has 0 spiro atoms. The monoisotopic (exact) mass is 460 g/mol. The molecule has 0 aromatic heterocycles. The number of halogens is 3. The second-order valence-corrected chi connectivity index (χ2v) is 7.26. The summed E-state index contributed by atoms with van der Waals surface area (Å²) in [6.45, 7) is 5.65. The molecule has 0 fully saturated rings. The maximum atomic E-state index is 13.9. The van der Waals surface area contributed by atoms with Crippen LogP contribution in [0, 0.1) is 23.7 Å². The summed E-state index contributed by atoms with van der Waals surface area (Å²) < 4.78 is 51.4. The Bertz CT molecular complexity index is 882. The normalized spacial score (nSPS) is 13.7. The van der Waals surface area contributed by atoms with Gasteiger partial charge in [0.1, 0.15) is 0 Å². The van der Waals surface area contributed by atoms with E-state index in [4.69, 9.17) is 9.47 Å². The zero-order valence-corrected chi connectivity index (χ0v) is 19.2. The Morgan fingerprint density at radius 1 is 1.09 bits per heavy atom. The first-order chi connectivity index (χ1) is 15.8. The molecule has 1 aromatic rings. The number of unbranched alkanes of at least 4 members (excludes halogenated alkanes) is 5. The number of esters is 1. The van der Waals surface area contributed by atoms with Gasteiger partial charge in [0.15, 0.2) is 6.10 Å². The van der Waals surface area contributed by atoms with Crippen molar-refractivity contribution in [2.24, 2.45) is 0 Å². The van der Waals surface area contributed by atoms with Crippen molar-refractivity contribution in [2.75, 3.05) is 7.11 Å². The molecule has 2 atom stereocenters. The number of carbonyl (C=O) groups is 1. The van der Waals surface area contributed by atoms with Gasteiger partial charge in [0, 0.05) is 19.1 Å². The molecule has 0 heterocycles. The molecule has 0 saturated heterocycles. The van der Waals surface area contributed by atoms with E-state index in [1.807, 2.05) is 6.08 Å². The van der Waals surface area contributed by atoms with Gasteiger partial charge in [0.2, 0.25) is 0 Å². The van der Waals surface area contributed by atoms with Crippen molar-refractivity contribution < 1.29 is 27.4 Å². The lowest BCUT2D eigenvalue weighted by atomic mass is 9.92. The second-order valence-electron chi connectivity index (χ2n) is 7.26. The van der Waals surface area contributed by atoms with Crippen LogP contribution in [0.3, 0.4) is 0 Å². The molecule has 1 aromatic carbocycles. The molecule has 0 aliphatic carbocycles. The van der Waals surface area contributed by atoms with E-state index in [9.17, 15) is 18.0 Å². The van der Waals surface area contributed by atoms with Gasteiger partial charge in [-0.05, 0) is 36.7 Å². The molecule has 3 nitrogen and oxygen atoms in total. The van der Waals surface area contributed by atoms with Crippen molar-refractivity contribution in [3.05, 3.63) is 60.7 Å². The van der Waals surface area contributed by atoms with Crippen molar-refractivity contribution >= 4 is 5.97 Å². The van der Waals surface area contributed by atoms with E-state index in [0.717, 1.165) is 38.2 Å². The highest BCUT2D eigenvalue weighted by Crippen LogP contribution is 2.43. The third kappa shape index (κ3) is 8.83. The van der Waals surface area contributed by atoms with Gasteiger partial charge in [-0.3, -0.25) is 0 Å². The van der Waals surface area contributed by atoms with E-state index in [1.165, 1.54) is 43.9 Å². The van der Waals surface area contributed by atoms with E-state index in [-0.39, 0.29) is 0 Å². The second kappa shape index (κ2) is 15.0. The summed E-state index contributed by atoms with van der Waals surface area (Å²) >= 11 is 0. The van der Waals surface area contributed by atoms with E-state index < -0.39 is 29.4 Å². The highest BCUT2D eigenvalue weighted by atomic mass is 19.4. The standard InChI is InChI=1S/C27H31F3O3/c1-4-6-7-8-9-10-11-12-13-14-15-19-22-24(5-2)33-25(31)26(32-3,27(28,29)30)23-20-17-16-18-21-23/h5,11-12,16-18,20-21,24H,2,4,6-10,13H2,1,3H3/b12-11-/t24-,26-/m0/s1. The van der Waals surface area contributed by atoms with Gasteiger partial charge in [-0.15, -0.1) is 0 Å². The van der Waals surface area contributed by atoms with Crippen molar-refractivity contribution in [1.29, 1.82) is 0 Å². The van der Waals surface area contributed by atoms with E-state index in [0.29, 0.717) is 6.42 Å². The lowest BCUT2D eigenvalue weighted by Gasteiger charge is -2.32. The van der Waals surface area contributed by atoms with E-state index in [2.05, 4.69) is 43.3 Å². The summed E-state index contributed by atoms with van der Waals surface area (Å²) in [5.74, 6) is 8.80. The molecule has 6 heteroatoms. The highest BCUT2D eigenvalue weighted by Gasteiger charge is 2.64.